The number of nitrogens with zero attached hydrogens (tertiary/aromatic N) is 2. The van der Waals surface area contributed by atoms with Crippen molar-refractivity contribution in [1.82, 2.24) is 4.90 Å². The Morgan fingerprint density at radius 2 is 2.20 bits per heavy atom. The predicted molar refractivity (Wildman–Crippen MR) is 81.6 cm³/mol. The molecule has 0 saturated carbocycles. The molecule has 0 unspecified atom stereocenters. The van der Waals surface area contributed by atoms with Gasteiger partial charge in [0.15, 0.2) is 0 Å². The van der Waals surface area contributed by atoms with Crippen LogP contribution in [0.2, 0.25) is 5.02 Å². The molecule has 0 aliphatic heterocycles. The van der Waals surface area contributed by atoms with E-state index in [0.29, 0.717) is 30.6 Å². The first-order valence-electron chi connectivity index (χ1n) is 6.50. The third-order valence-corrected chi connectivity index (χ3v) is 3.36. The third kappa shape index (κ3) is 4.90. The fourth-order valence-electron chi connectivity index (χ4n) is 1.92. The van der Waals surface area contributed by atoms with Crippen molar-refractivity contribution in [1.29, 1.82) is 0 Å². The Balaban J connectivity index is 2.82. The summed E-state index contributed by atoms with van der Waals surface area (Å²) in [5, 5.41) is 12.3. The van der Waals surface area contributed by atoms with Gasteiger partial charge >= 0.3 is 0 Å². The second-order valence-electron chi connectivity index (χ2n) is 4.86. The average Bonchev–Trinajstić information content (AvgIpc) is 2.42. The third-order valence-electron chi connectivity index (χ3n) is 3.13. The van der Waals surface area contributed by atoms with Gasteiger partial charge in [0.05, 0.1) is 7.11 Å². The van der Waals surface area contributed by atoms with Crippen LogP contribution in [0.4, 0.5) is 0 Å². The summed E-state index contributed by atoms with van der Waals surface area (Å²) in [6.07, 6.45) is 0.511. The number of benzene rings is 1. The van der Waals surface area contributed by atoms with Crippen LogP contribution in [0.15, 0.2) is 23.4 Å². The molecule has 1 aromatic carbocycles. The van der Waals surface area contributed by atoms with Crippen LogP contribution in [0.5, 0.6) is 5.75 Å². The summed E-state index contributed by atoms with van der Waals surface area (Å²) in [7, 11) is 1.64. The van der Waals surface area contributed by atoms with Gasteiger partial charge in [-0.15, -0.1) is 0 Å². The molecule has 1 rings (SSSR count). The van der Waals surface area contributed by atoms with E-state index in [1.165, 1.54) is 0 Å². The molecule has 5 nitrogen and oxygen atoms in total. The highest BCUT2D eigenvalue weighted by molar-refractivity contribution is 6.30. The lowest BCUT2D eigenvalue weighted by Crippen LogP contribution is -2.33. The van der Waals surface area contributed by atoms with Gasteiger partial charge in [0, 0.05) is 36.1 Å². The standard InChI is InChI=1S/C14H22ClN3O2/c1-10(2)18(7-6-14(16)17-19)9-11-8-12(15)4-5-13(11)20-3/h4-5,8,10,19H,6-7,9H2,1-3H3,(H2,16,17). The van der Waals surface area contributed by atoms with Crippen molar-refractivity contribution in [2.75, 3.05) is 13.7 Å². The van der Waals surface area contributed by atoms with Crippen molar-refractivity contribution >= 4 is 17.4 Å². The normalized spacial score (nSPS) is 12.2. The van der Waals surface area contributed by atoms with Crippen LogP contribution in [0, 0.1) is 0 Å². The molecule has 0 radical (unpaired) electrons. The van der Waals surface area contributed by atoms with Crippen molar-refractivity contribution in [2.45, 2.75) is 32.9 Å². The van der Waals surface area contributed by atoms with Gasteiger partial charge in [-0.1, -0.05) is 16.8 Å². The Bertz CT molecular complexity index is 464. The van der Waals surface area contributed by atoms with E-state index in [2.05, 4.69) is 23.9 Å². The number of hydrogen-bond donors (Lipinski definition) is 2. The maximum Gasteiger partial charge on any atom is 0.140 e. The van der Waals surface area contributed by atoms with Crippen LogP contribution in [-0.2, 0) is 6.54 Å². The quantitative estimate of drug-likeness (QED) is 0.351. The molecular formula is C14H22ClN3O2. The summed E-state index contributed by atoms with van der Waals surface area (Å²) in [6, 6.07) is 5.89. The largest absolute Gasteiger partial charge is 0.496 e. The second-order valence-corrected chi connectivity index (χ2v) is 5.30. The van der Waals surface area contributed by atoms with E-state index >= 15 is 0 Å². The highest BCUT2D eigenvalue weighted by atomic mass is 35.5. The molecule has 1 aromatic rings. The molecule has 0 spiro atoms. The number of oxime groups is 1. The minimum Gasteiger partial charge on any atom is -0.496 e. The Hall–Kier alpha value is -1.46. The van der Waals surface area contributed by atoms with E-state index in [4.69, 9.17) is 27.3 Å². The van der Waals surface area contributed by atoms with Gasteiger partial charge in [0.2, 0.25) is 0 Å². The number of rotatable bonds is 7. The minimum absolute atomic E-state index is 0.230. The minimum atomic E-state index is 0.230. The predicted octanol–water partition coefficient (Wildman–Crippen LogP) is 2.70. The van der Waals surface area contributed by atoms with Crippen molar-refractivity contribution < 1.29 is 9.94 Å². The molecule has 0 heterocycles. The van der Waals surface area contributed by atoms with Crippen molar-refractivity contribution in [3.8, 4) is 5.75 Å². The molecule has 0 aliphatic carbocycles. The van der Waals surface area contributed by atoms with E-state index in [-0.39, 0.29) is 5.84 Å². The lowest BCUT2D eigenvalue weighted by molar-refractivity contribution is 0.215. The average molecular weight is 300 g/mol. The number of ether oxygens (including phenoxy) is 1. The topological polar surface area (TPSA) is 71.1 Å². The molecule has 112 valence electrons. The molecule has 20 heavy (non-hydrogen) atoms. The van der Waals surface area contributed by atoms with E-state index in [1.54, 1.807) is 13.2 Å². The zero-order chi connectivity index (χ0) is 15.1. The summed E-state index contributed by atoms with van der Waals surface area (Å²) >= 11 is 6.04. The first-order valence-corrected chi connectivity index (χ1v) is 6.88. The summed E-state index contributed by atoms with van der Waals surface area (Å²) < 4.78 is 5.35. The van der Waals surface area contributed by atoms with Crippen LogP contribution >= 0.6 is 11.6 Å². The molecule has 6 heteroatoms. The fraction of sp³-hybridized carbons (Fsp3) is 0.500. The molecule has 0 aromatic heterocycles. The molecule has 0 aliphatic rings. The van der Waals surface area contributed by atoms with Gasteiger partial charge in [0.1, 0.15) is 11.6 Å². The van der Waals surface area contributed by atoms with Gasteiger partial charge in [-0.05, 0) is 32.0 Å². The molecule has 0 amide bonds. The number of methoxy groups -OCH3 is 1. The Labute approximate surface area is 125 Å². The molecule has 0 bridgehead atoms. The number of halogens is 1. The maximum absolute atomic E-state index is 8.60. The monoisotopic (exact) mass is 299 g/mol. The number of nitrogens with two attached hydrogens (primary N) is 1. The van der Waals surface area contributed by atoms with E-state index in [0.717, 1.165) is 11.3 Å². The highest BCUT2D eigenvalue weighted by Crippen LogP contribution is 2.24. The van der Waals surface area contributed by atoms with Crippen LogP contribution < -0.4 is 10.5 Å². The summed E-state index contributed by atoms with van der Waals surface area (Å²) in [4.78, 5) is 2.21. The molecule has 0 fully saturated rings. The van der Waals surface area contributed by atoms with E-state index < -0.39 is 0 Å². The van der Waals surface area contributed by atoms with Crippen molar-refractivity contribution in [3.05, 3.63) is 28.8 Å². The van der Waals surface area contributed by atoms with E-state index in [9.17, 15) is 0 Å². The van der Waals surface area contributed by atoms with Gasteiger partial charge < -0.3 is 15.7 Å². The van der Waals surface area contributed by atoms with E-state index in [1.807, 2.05) is 12.1 Å². The fourth-order valence-corrected chi connectivity index (χ4v) is 2.11. The lowest BCUT2D eigenvalue weighted by atomic mass is 10.1. The molecule has 0 saturated heterocycles. The summed E-state index contributed by atoms with van der Waals surface area (Å²) in [5.74, 6) is 1.04. The maximum atomic E-state index is 8.60. The van der Waals surface area contributed by atoms with Gasteiger partial charge in [-0.3, -0.25) is 4.90 Å². The first-order chi connectivity index (χ1) is 9.47. The zero-order valence-electron chi connectivity index (χ0n) is 12.1. The van der Waals surface area contributed by atoms with Crippen molar-refractivity contribution in [3.63, 3.8) is 0 Å². The SMILES string of the molecule is COc1ccc(Cl)cc1CN(CCC(N)=NO)C(C)C. The number of hydrogen-bond acceptors (Lipinski definition) is 4. The Morgan fingerprint density at radius 1 is 1.50 bits per heavy atom. The van der Waals surface area contributed by atoms with Crippen LogP contribution in [-0.4, -0.2) is 35.6 Å². The van der Waals surface area contributed by atoms with Gasteiger partial charge in [0.25, 0.3) is 0 Å². The second kappa shape index (κ2) is 7.97. The zero-order valence-corrected chi connectivity index (χ0v) is 12.9. The smallest absolute Gasteiger partial charge is 0.140 e. The van der Waals surface area contributed by atoms with Crippen molar-refractivity contribution in [2.24, 2.45) is 10.9 Å². The lowest BCUT2D eigenvalue weighted by Gasteiger charge is -2.27. The molecular weight excluding hydrogens is 278 g/mol. The summed E-state index contributed by atoms with van der Waals surface area (Å²) in [6.45, 7) is 5.59. The first kappa shape index (κ1) is 16.6. The van der Waals surface area contributed by atoms with Crippen LogP contribution in [0.3, 0.4) is 0 Å². The van der Waals surface area contributed by atoms with Crippen LogP contribution in [0.1, 0.15) is 25.8 Å². The van der Waals surface area contributed by atoms with Gasteiger partial charge in [-0.25, -0.2) is 0 Å². The Morgan fingerprint density at radius 3 is 2.75 bits per heavy atom. The highest BCUT2D eigenvalue weighted by Gasteiger charge is 2.14. The molecule has 3 N–H and O–H groups in total. The van der Waals surface area contributed by atoms with Gasteiger partial charge in [-0.2, -0.15) is 0 Å². The summed E-state index contributed by atoms with van der Waals surface area (Å²) in [5.41, 5.74) is 6.54. The number of amidine groups is 1. The Kier molecular flexibility index (Phi) is 6.61. The van der Waals surface area contributed by atoms with Crippen LogP contribution in [0.25, 0.3) is 0 Å². The molecule has 0 atom stereocenters.